The van der Waals surface area contributed by atoms with E-state index in [1.54, 1.807) is 4.68 Å². The molecule has 2 N–H and O–H groups in total. The number of fused-ring (bicyclic) bond motifs is 2. The van der Waals surface area contributed by atoms with Crippen molar-refractivity contribution in [2.75, 3.05) is 10.6 Å². The van der Waals surface area contributed by atoms with E-state index >= 15 is 0 Å². The number of piperidine rings is 1. The van der Waals surface area contributed by atoms with E-state index in [2.05, 4.69) is 79.6 Å². The Morgan fingerprint density at radius 1 is 0.848 bits per heavy atom. The minimum absolute atomic E-state index is 0.160. The maximum Gasteiger partial charge on any atom is 0.324 e. The highest BCUT2D eigenvalue weighted by atomic mass is 16.2. The molecule has 3 heterocycles. The number of amides is 3. The van der Waals surface area contributed by atoms with Crippen LogP contribution in [0.15, 0.2) is 84.9 Å². The predicted molar refractivity (Wildman–Crippen MR) is 186 cm³/mol. The summed E-state index contributed by atoms with van der Waals surface area (Å²) in [6.45, 7) is 8.39. The molecule has 7 nitrogen and oxygen atoms in total. The van der Waals surface area contributed by atoms with Gasteiger partial charge in [-0.2, -0.15) is 5.10 Å². The molecular formula is C39H47N5O2. The van der Waals surface area contributed by atoms with E-state index in [4.69, 9.17) is 5.10 Å². The standard InChI is InChI=1S/C39H47N5O2/c1-27-13-19-32(20-14-27)44-36(26-35(42-44)39(2,3)4)41-38(46)40-31-17-15-29(16-18-31)23-30-24-33-21-22-34(25-30)43(33)37(45)12-8-11-28-9-6-5-7-10-28/h5-7,9-10,13-20,26,30,33-34H,8,11-12,21-25H2,1-4H3,(H2,40,41,46). The van der Waals surface area contributed by atoms with Crippen LogP contribution in [-0.2, 0) is 23.1 Å². The lowest BCUT2D eigenvalue weighted by Gasteiger charge is -2.39. The normalized spacial score (nSPS) is 19.2. The van der Waals surface area contributed by atoms with Gasteiger partial charge in [0, 0.05) is 35.7 Å². The van der Waals surface area contributed by atoms with Crippen molar-refractivity contribution in [3.05, 3.63) is 107 Å². The maximum atomic E-state index is 13.2. The van der Waals surface area contributed by atoms with Crippen LogP contribution in [-0.4, -0.2) is 38.7 Å². The number of carbonyl (C=O) groups excluding carboxylic acids is 2. The van der Waals surface area contributed by atoms with E-state index in [1.165, 1.54) is 16.7 Å². The third-order valence-corrected chi connectivity index (χ3v) is 9.55. The SMILES string of the molecule is Cc1ccc(-n2nc(C(C)(C)C)cc2NC(=O)Nc2ccc(CC3CC4CCC(C3)N4C(=O)CCCc3ccccc3)cc2)cc1. The summed E-state index contributed by atoms with van der Waals surface area (Å²) in [5.74, 6) is 1.54. The molecule has 2 aliphatic rings. The highest BCUT2D eigenvalue weighted by Crippen LogP contribution is 2.40. The highest BCUT2D eigenvalue weighted by Gasteiger charge is 2.42. The molecule has 240 valence electrons. The Kier molecular flexibility index (Phi) is 9.29. The number of aryl methyl sites for hydroxylation is 2. The molecule has 6 rings (SSSR count). The first kappa shape index (κ1) is 31.6. The molecule has 3 aromatic carbocycles. The molecular weight excluding hydrogens is 570 g/mol. The Labute approximate surface area is 273 Å². The van der Waals surface area contributed by atoms with Gasteiger partial charge in [0.1, 0.15) is 5.82 Å². The minimum atomic E-state index is -0.307. The zero-order chi connectivity index (χ0) is 32.3. The van der Waals surface area contributed by atoms with Crippen LogP contribution in [0.3, 0.4) is 0 Å². The fourth-order valence-corrected chi connectivity index (χ4v) is 7.14. The first-order valence-corrected chi connectivity index (χ1v) is 16.8. The van der Waals surface area contributed by atoms with E-state index in [1.807, 2.05) is 48.5 Å². The fraction of sp³-hybridized carbons (Fsp3) is 0.410. The highest BCUT2D eigenvalue weighted by molar-refractivity contribution is 5.99. The lowest BCUT2D eigenvalue weighted by molar-refractivity contribution is -0.136. The van der Waals surface area contributed by atoms with E-state index in [0.717, 1.165) is 62.0 Å². The van der Waals surface area contributed by atoms with Crippen molar-refractivity contribution >= 4 is 23.4 Å². The second kappa shape index (κ2) is 13.5. The molecule has 2 unspecified atom stereocenters. The van der Waals surface area contributed by atoms with E-state index < -0.39 is 0 Å². The average molecular weight is 618 g/mol. The third-order valence-electron chi connectivity index (χ3n) is 9.55. The number of urea groups is 1. The van der Waals surface area contributed by atoms with Crippen LogP contribution in [0.2, 0.25) is 0 Å². The van der Waals surface area contributed by atoms with Crippen LogP contribution < -0.4 is 10.6 Å². The fourth-order valence-electron chi connectivity index (χ4n) is 7.14. The van der Waals surface area contributed by atoms with Gasteiger partial charge in [-0.3, -0.25) is 10.1 Å². The summed E-state index contributed by atoms with van der Waals surface area (Å²) < 4.78 is 1.79. The first-order chi connectivity index (χ1) is 22.1. The second-order valence-corrected chi connectivity index (χ2v) is 14.3. The van der Waals surface area contributed by atoms with E-state index in [-0.39, 0.29) is 11.4 Å². The molecule has 4 aromatic rings. The number of nitrogens with one attached hydrogen (secondary N) is 2. The van der Waals surface area contributed by atoms with Crippen LogP contribution in [0.25, 0.3) is 5.69 Å². The summed E-state index contributed by atoms with van der Waals surface area (Å²) in [4.78, 5) is 28.5. The number of hydrogen-bond donors (Lipinski definition) is 2. The van der Waals surface area contributed by atoms with Gasteiger partial charge in [-0.05, 0) is 93.2 Å². The molecule has 0 aliphatic carbocycles. The minimum Gasteiger partial charge on any atom is -0.337 e. The Balaban J connectivity index is 1.02. The van der Waals surface area contributed by atoms with Gasteiger partial charge < -0.3 is 10.2 Å². The van der Waals surface area contributed by atoms with Crippen molar-refractivity contribution in [1.82, 2.24) is 14.7 Å². The van der Waals surface area contributed by atoms with Gasteiger partial charge in [0.15, 0.2) is 0 Å². The molecule has 3 amide bonds. The van der Waals surface area contributed by atoms with Crippen molar-refractivity contribution in [2.45, 2.75) is 96.6 Å². The summed E-state index contributed by atoms with van der Waals surface area (Å²) in [5.41, 5.74) is 6.12. The predicted octanol–water partition coefficient (Wildman–Crippen LogP) is 8.46. The largest absolute Gasteiger partial charge is 0.337 e. The summed E-state index contributed by atoms with van der Waals surface area (Å²) in [5, 5.41) is 10.8. The van der Waals surface area contributed by atoms with Gasteiger partial charge in [0.2, 0.25) is 5.91 Å². The quantitative estimate of drug-likeness (QED) is 0.198. The number of carbonyl (C=O) groups is 2. The molecule has 2 bridgehead atoms. The number of anilines is 2. The van der Waals surface area contributed by atoms with Crippen LogP contribution in [0.5, 0.6) is 0 Å². The van der Waals surface area contributed by atoms with Crippen molar-refractivity contribution in [3.8, 4) is 5.69 Å². The Morgan fingerprint density at radius 2 is 1.52 bits per heavy atom. The van der Waals surface area contributed by atoms with Crippen molar-refractivity contribution in [2.24, 2.45) is 5.92 Å². The van der Waals surface area contributed by atoms with Gasteiger partial charge in [0.05, 0.1) is 11.4 Å². The lowest BCUT2D eigenvalue weighted by atomic mass is 9.85. The molecule has 2 saturated heterocycles. The molecule has 0 radical (unpaired) electrons. The summed E-state index contributed by atoms with van der Waals surface area (Å²) in [7, 11) is 0. The summed E-state index contributed by atoms with van der Waals surface area (Å²) in [6, 6.07) is 29.1. The molecule has 2 aliphatic heterocycles. The molecule has 46 heavy (non-hydrogen) atoms. The van der Waals surface area contributed by atoms with Gasteiger partial charge in [0.25, 0.3) is 0 Å². The zero-order valence-electron chi connectivity index (χ0n) is 27.6. The zero-order valence-corrected chi connectivity index (χ0v) is 27.6. The van der Waals surface area contributed by atoms with Gasteiger partial charge in [-0.25, -0.2) is 9.48 Å². The average Bonchev–Trinajstić information content (AvgIpc) is 3.57. The van der Waals surface area contributed by atoms with E-state index in [9.17, 15) is 9.59 Å². The van der Waals surface area contributed by atoms with Gasteiger partial charge in [-0.1, -0.05) is 80.9 Å². The lowest BCUT2D eigenvalue weighted by Crippen LogP contribution is -2.46. The number of rotatable bonds is 9. The Morgan fingerprint density at radius 3 is 2.17 bits per heavy atom. The third kappa shape index (κ3) is 7.52. The first-order valence-electron chi connectivity index (χ1n) is 16.8. The van der Waals surface area contributed by atoms with Crippen LogP contribution >= 0.6 is 0 Å². The maximum absolute atomic E-state index is 13.2. The topological polar surface area (TPSA) is 79.3 Å². The summed E-state index contributed by atoms with van der Waals surface area (Å²) in [6.07, 6.45) is 7.92. The number of hydrogen-bond acceptors (Lipinski definition) is 3. The number of aromatic nitrogens is 2. The van der Waals surface area contributed by atoms with Crippen LogP contribution in [0.4, 0.5) is 16.3 Å². The van der Waals surface area contributed by atoms with Crippen molar-refractivity contribution < 1.29 is 9.59 Å². The molecule has 0 saturated carbocycles. The molecule has 7 heteroatoms. The van der Waals surface area contributed by atoms with Crippen molar-refractivity contribution in [1.29, 1.82) is 0 Å². The van der Waals surface area contributed by atoms with Crippen molar-refractivity contribution in [3.63, 3.8) is 0 Å². The summed E-state index contributed by atoms with van der Waals surface area (Å²) >= 11 is 0. The second-order valence-electron chi connectivity index (χ2n) is 14.3. The Bertz CT molecular complexity index is 1620. The molecule has 2 fully saturated rings. The van der Waals surface area contributed by atoms with Crippen LogP contribution in [0, 0.1) is 12.8 Å². The van der Waals surface area contributed by atoms with Gasteiger partial charge >= 0.3 is 6.03 Å². The number of benzene rings is 3. The number of nitrogens with zero attached hydrogens (tertiary/aromatic N) is 3. The van der Waals surface area contributed by atoms with E-state index in [0.29, 0.717) is 36.1 Å². The smallest absolute Gasteiger partial charge is 0.324 e. The Hall–Kier alpha value is -4.39. The van der Waals surface area contributed by atoms with Crippen LogP contribution in [0.1, 0.15) is 81.7 Å². The molecule has 2 atom stereocenters. The molecule has 0 spiro atoms. The monoisotopic (exact) mass is 617 g/mol. The molecule has 1 aromatic heterocycles. The van der Waals surface area contributed by atoms with Gasteiger partial charge in [-0.15, -0.1) is 0 Å².